The number of hydrogen-bond donors (Lipinski definition) is 0. The van der Waals surface area contributed by atoms with Crippen molar-refractivity contribution < 1.29 is 28.6 Å². The fourth-order valence-electron chi connectivity index (χ4n) is 7.51. The van der Waals surface area contributed by atoms with Crippen LogP contribution >= 0.6 is 0 Å². The number of carbonyl (C=O) groups is 3. The van der Waals surface area contributed by atoms with Gasteiger partial charge in [0.1, 0.15) is 13.2 Å². The van der Waals surface area contributed by atoms with Gasteiger partial charge >= 0.3 is 17.9 Å². The van der Waals surface area contributed by atoms with Gasteiger partial charge in [-0.25, -0.2) is 0 Å². The highest BCUT2D eigenvalue weighted by molar-refractivity contribution is 5.71. The van der Waals surface area contributed by atoms with Gasteiger partial charge in [-0.15, -0.1) is 0 Å². The molecule has 0 aromatic carbocycles. The Morgan fingerprint density at radius 1 is 0.339 bits per heavy atom. The molecule has 0 aliphatic rings. The van der Waals surface area contributed by atoms with Gasteiger partial charge in [0.2, 0.25) is 0 Å². The molecule has 332 valence electrons. The molecule has 0 radical (unpaired) electrons. The van der Waals surface area contributed by atoms with Crippen molar-refractivity contribution in [2.24, 2.45) is 5.92 Å². The molecule has 0 saturated carbocycles. The summed E-state index contributed by atoms with van der Waals surface area (Å²) < 4.78 is 16.7. The van der Waals surface area contributed by atoms with E-state index < -0.39 is 6.10 Å². The number of unbranched alkanes of at least 4 members (excludes halogenated alkanes) is 32. The lowest BCUT2D eigenvalue weighted by Gasteiger charge is -2.18. The molecule has 0 bridgehead atoms. The van der Waals surface area contributed by atoms with E-state index >= 15 is 0 Å². The largest absolute Gasteiger partial charge is 0.462 e. The molecule has 0 N–H and O–H groups in total. The monoisotopic (exact) mass is 793 g/mol. The van der Waals surface area contributed by atoms with Gasteiger partial charge in [0, 0.05) is 19.3 Å². The molecule has 0 saturated heterocycles. The molecule has 0 aromatic rings. The van der Waals surface area contributed by atoms with Gasteiger partial charge in [0.15, 0.2) is 6.10 Å². The molecule has 0 rings (SSSR count). The van der Waals surface area contributed by atoms with Gasteiger partial charge < -0.3 is 14.2 Å². The summed E-state index contributed by atoms with van der Waals surface area (Å²) in [5, 5.41) is 0. The van der Waals surface area contributed by atoms with Gasteiger partial charge in [0.05, 0.1) is 0 Å². The maximum atomic E-state index is 12.7. The van der Waals surface area contributed by atoms with Crippen LogP contribution in [-0.2, 0) is 28.6 Å². The summed E-state index contributed by atoms with van der Waals surface area (Å²) in [4.78, 5) is 37.6. The van der Waals surface area contributed by atoms with Crippen LogP contribution in [0.25, 0.3) is 0 Å². The van der Waals surface area contributed by atoms with E-state index in [2.05, 4.69) is 27.7 Å². The molecule has 0 amide bonds. The van der Waals surface area contributed by atoms with Gasteiger partial charge in [-0.05, 0) is 25.2 Å². The van der Waals surface area contributed by atoms with E-state index in [9.17, 15) is 14.4 Å². The average Bonchev–Trinajstić information content (AvgIpc) is 3.18. The second kappa shape index (κ2) is 44.5. The predicted octanol–water partition coefficient (Wildman–Crippen LogP) is 15.9. The van der Waals surface area contributed by atoms with E-state index in [-0.39, 0.29) is 31.1 Å². The minimum atomic E-state index is -0.758. The van der Waals surface area contributed by atoms with Crippen molar-refractivity contribution in [1.82, 2.24) is 0 Å². The topological polar surface area (TPSA) is 78.9 Å². The van der Waals surface area contributed by atoms with E-state index in [1.54, 1.807) is 0 Å². The second-order valence-corrected chi connectivity index (χ2v) is 17.6. The fraction of sp³-hybridized carbons (Fsp3) is 0.940. The zero-order valence-electron chi connectivity index (χ0n) is 38.1. The van der Waals surface area contributed by atoms with Crippen LogP contribution < -0.4 is 0 Å². The van der Waals surface area contributed by atoms with E-state index in [0.717, 1.165) is 70.1 Å². The predicted molar refractivity (Wildman–Crippen MR) is 238 cm³/mol. The molecule has 0 unspecified atom stereocenters. The quantitative estimate of drug-likeness (QED) is 0.0347. The van der Waals surface area contributed by atoms with Crippen LogP contribution in [0.15, 0.2) is 0 Å². The van der Waals surface area contributed by atoms with E-state index in [4.69, 9.17) is 14.2 Å². The molecule has 6 nitrogen and oxygen atoms in total. The maximum Gasteiger partial charge on any atom is 0.306 e. The highest BCUT2D eigenvalue weighted by atomic mass is 16.6. The summed E-state index contributed by atoms with van der Waals surface area (Å²) in [7, 11) is 0. The number of rotatable bonds is 45. The van der Waals surface area contributed by atoms with Crippen molar-refractivity contribution in [2.75, 3.05) is 13.2 Å². The lowest BCUT2D eigenvalue weighted by atomic mass is 10.0. The minimum absolute atomic E-state index is 0.0645. The molecule has 56 heavy (non-hydrogen) atoms. The van der Waals surface area contributed by atoms with Crippen molar-refractivity contribution in [2.45, 2.75) is 284 Å². The second-order valence-electron chi connectivity index (χ2n) is 17.6. The summed E-state index contributed by atoms with van der Waals surface area (Å²) in [5.74, 6) is -0.0360. The van der Waals surface area contributed by atoms with E-state index in [1.807, 2.05) is 0 Å². The summed E-state index contributed by atoms with van der Waals surface area (Å²) >= 11 is 0. The van der Waals surface area contributed by atoms with Crippen LogP contribution in [-0.4, -0.2) is 37.2 Å². The lowest BCUT2D eigenvalue weighted by molar-refractivity contribution is -0.167. The van der Waals surface area contributed by atoms with Crippen LogP contribution in [0.3, 0.4) is 0 Å². The highest BCUT2D eigenvalue weighted by Crippen LogP contribution is 2.17. The van der Waals surface area contributed by atoms with Crippen LogP contribution in [0, 0.1) is 5.92 Å². The fourth-order valence-corrected chi connectivity index (χ4v) is 7.51. The standard InChI is InChI=1S/C50H96O6/c1-5-7-9-11-12-13-14-15-16-17-18-19-20-21-24-28-31-35-39-43-50(53)56-47(44-54-48(51)41-37-32-10-8-6-2)45-55-49(52)42-38-34-30-27-25-22-23-26-29-33-36-40-46(3)4/h46-47H,5-45H2,1-4H3/t47-/m1/s1. The molecule has 0 fully saturated rings. The van der Waals surface area contributed by atoms with Crippen LogP contribution in [0.2, 0.25) is 0 Å². The summed E-state index contributed by atoms with van der Waals surface area (Å²) in [6.45, 7) is 8.94. The Hall–Kier alpha value is -1.59. The van der Waals surface area contributed by atoms with Gasteiger partial charge in [-0.1, -0.05) is 240 Å². The maximum absolute atomic E-state index is 12.7. The van der Waals surface area contributed by atoms with Crippen LogP contribution in [0.5, 0.6) is 0 Å². The van der Waals surface area contributed by atoms with Crippen molar-refractivity contribution in [3.8, 4) is 0 Å². The lowest BCUT2D eigenvalue weighted by Crippen LogP contribution is -2.30. The first-order valence-electron chi connectivity index (χ1n) is 24.9. The smallest absolute Gasteiger partial charge is 0.306 e. The number of carbonyl (C=O) groups excluding carboxylic acids is 3. The normalized spacial score (nSPS) is 11.9. The molecule has 0 aromatic heterocycles. The summed E-state index contributed by atoms with van der Waals surface area (Å²) in [6, 6.07) is 0. The zero-order valence-corrected chi connectivity index (χ0v) is 38.1. The number of esters is 3. The molecule has 0 spiro atoms. The summed E-state index contributed by atoms with van der Waals surface area (Å²) in [5.41, 5.74) is 0. The van der Waals surface area contributed by atoms with Crippen LogP contribution in [0.4, 0.5) is 0 Å². The molecule has 1 atom stereocenters. The number of hydrogen-bond acceptors (Lipinski definition) is 6. The Labute approximate surface area is 348 Å². The average molecular weight is 793 g/mol. The van der Waals surface area contributed by atoms with Gasteiger partial charge in [-0.3, -0.25) is 14.4 Å². The van der Waals surface area contributed by atoms with E-state index in [0.29, 0.717) is 19.3 Å². The van der Waals surface area contributed by atoms with E-state index in [1.165, 1.54) is 167 Å². The van der Waals surface area contributed by atoms with Crippen LogP contribution in [0.1, 0.15) is 278 Å². The summed E-state index contributed by atoms with van der Waals surface area (Å²) in [6.07, 6.45) is 45.5. The van der Waals surface area contributed by atoms with Gasteiger partial charge in [-0.2, -0.15) is 0 Å². The Kier molecular flexibility index (Phi) is 43.2. The molecule has 0 aliphatic carbocycles. The third-order valence-corrected chi connectivity index (χ3v) is 11.3. The molecular weight excluding hydrogens is 697 g/mol. The third-order valence-electron chi connectivity index (χ3n) is 11.3. The SMILES string of the molecule is CCCCCCCCCCCCCCCCCCCCCC(=O)O[C@H](COC(=O)CCCCCCC)COC(=O)CCCCCCCCCCCCCC(C)C. The minimum Gasteiger partial charge on any atom is -0.462 e. The Morgan fingerprint density at radius 2 is 0.589 bits per heavy atom. The first kappa shape index (κ1) is 54.4. The first-order valence-corrected chi connectivity index (χ1v) is 24.9. The van der Waals surface area contributed by atoms with Crippen molar-refractivity contribution in [3.05, 3.63) is 0 Å². The Balaban J connectivity index is 4.11. The number of ether oxygens (including phenoxy) is 3. The zero-order chi connectivity index (χ0) is 41.0. The molecule has 0 heterocycles. The van der Waals surface area contributed by atoms with Crippen molar-refractivity contribution in [3.63, 3.8) is 0 Å². The van der Waals surface area contributed by atoms with Crippen molar-refractivity contribution in [1.29, 1.82) is 0 Å². The van der Waals surface area contributed by atoms with Gasteiger partial charge in [0.25, 0.3) is 0 Å². The van der Waals surface area contributed by atoms with Crippen molar-refractivity contribution >= 4 is 17.9 Å². The third kappa shape index (κ3) is 43.5. The molecule has 0 aliphatic heterocycles. The molecular formula is C50H96O6. The molecule has 6 heteroatoms. The highest BCUT2D eigenvalue weighted by Gasteiger charge is 2.19. The first-order chi connectivity index (χ1) is 27.4. The Bertz CT molecular complexity index is 841. The Morgan fingerprint density at radius 3 is 0.875 bits per heavy atom.